The van der Waals surface area contributed by atoms with Gasteiger partial charge in [-0.25, -0.2) is 17.5 Å². The van der Waals surface area contributed by atoms with Gasteiger partial charge in [0.05, 0.1) is 10.5 Å². The first-order valence-corrected chi connectivity index (χ1v) is 9.74. The summed E-state index contributed by atoms with van der Waals surface area (Å²) in [4.78, 5) is 26.0. The Hall–Kier alpha value is -1.93. The van der Waals surface area contributed by atoms with Crippen molar-refractivity contribution in [2.75, 3.05) is 33.8 Å². The molecule has 1 fully saturated rings. The second-order valence-electron chi connectivity index (χ2n) is 6.18. The van der Waals surface area contributed by atoms with Crippen molar-refractivity contribution in [3.8, 4) is 0 Å². The number of hydrogen-bond donors (Lipinski definition) is 0. The molecule has 8 heteroatoms. The van der Waals surface area contributed by atoms with E-state index in [0.717, 1.165) is 30.0 Å². The number of carbonyl (C=O) groups is 2. The molecule has 2 rings (SSSR count). The second kappa shape index (κ2) is 8.44. The van der Waals surface area contributed by atoms with Crippen molar-refractivity contribution in [1.29, 1.82) is 0 Å². The molecule has 0 aliphatic carbocycles. The van der Waals surface area contributed by atoms with Gasteiger partial charge in [0.25, 0.3) is 5.91 Å². The van der Waals surface area contributed by atoms with Gasteiger partial charge in [0.2, 0.25) is 10.0 Å². The van der Waals surface area contributed by atoms with Gasteiger partial charge in [-0.1, -0.05) is 12.8 Å². The average Bonchev–Trinajstić information content (AvgIpc) is 2.88. The van der Waals surface area contributed by atoms with Crippen LogP contribution in [0, 0.1) is 0 Å². The van der Waals surface area contributed by atoms with E-state index in [2.05, 4.69) is 0 Å². The number of rotatable bonds is 5. The van der Waals surface area contributed by atoms with Crippen LogP contribution < -0.4 is 0 Å². The first-order chi connectivity index (χ1) is 11.8. The monoisotopic (exact) mass is 368 g/mol. The van der Waals surface area contributed by atoms with Crippen molar-refractivity contribution in [3.05, 3.63) is 29.8 Å². The molecule has 1 aromatic rings. The molecule has 0 aromatic heterocycles. The highest BCUT2D eigenvalue weighted by Crippen LogP contribution is 2.15. The summed E-state index contributed by atoms with van der Waals surface area (Å²) >= 11 is 0. The summed E-state index contributed by atoms with van der Waals surface area (Å²) in [5.41, 5.74) is 0.210. The van der Waals surface area contributed by atoms with E-state index >= 15 is 0 Å². The summed E-state index contributed by atoms with van der Waals surface area (Å²) in [7, 11) is -0.670. The number of benzene rings is 1. The van der Waals surface area contributed by atoms with Crippen molar-refractivity contribution in [3.63, 3.8) is 0 Å². The van der Waals surface area contributed by atoms with Crippen LogP contribution in [0.25, 0.3) is 0 Å². The Kier molecular flexibility index (Phi) is 6.55. The zero-order valence-electron chi connectivity index (χ0n) is 14.6. The number of amides is 1. The lowest BCUT2D eigenvalue weighted by molar-refractivity contribution is -0.134. The van der Waals surface area contributed by atoms with Gasteiger partial charge < -0.3 is 9.64 Å². The molecule has 1 saturated heterocycles. The standard InChI is InChI=1S/C17H24N2O5S/c1-18(2)25(22,23)15-9-7-14(8-10-15)17(21)24-13-16(20)19-11-5-3-4-6-12-19/h7-10H,3-6,11-13H2,1-2H3. The van der Waals surface area contributed by atoms with E-state index in [9.17, 15) is 18.0 Å². The van der Waals surface area contributed by atoms with Crippen LogP contribution in [0.4, 0.5) is 0 Å². The second-order valence-corrected chi connectivity index (χ2v) is 8.33. The van der Waals surface area contributed by atoms with E-state index in [4.69, 9.17) is 4.74 Å². The summed E-state index contributed by atoms with van der Waals surface area (Å²) in [6.07, 6.45) is 4.18. The third-order valence-electron chi connectivity index (χ3n) is 4.15. The first-order valence-electron chi connectivity index (χ1n) is 8.30. The molecule has 0 spiro atoms. The van der Waals surface area contributed by atoms with E-state index in [0.29, 0.717) is 13.1 Å². The quantitative estimate of drug-likeness (QED) is 0.736. The predicted octanol–water partition coefficient (Wildman–Crippen LogP) is 1.50. The van der Waals surface area contributed by atoms with Gasteiger partial charge >= 0.3 is 5.97 Å². The number of likely N-dealkylation sites (tertiary alicyclic amines) is 1. The minimum atomic E-state index is -3.54. The summed E-state index contributed by atoms with van der Waals surface area (Å²) in [6.45, 7) is 1.11. The van der Waals surface area contributed by atoms with Crippen molar-refractivity contribution in [1.82, 2.24) is 9.21 Å². The Morgan fingerprint density at radius 2 is 1.60 bits per heavy atom. The predicted molar refractivity (Wildman–Crippen MR) is 92.6 cm³/mol. The minimum absolute atomic E-state index is 0.0923. The molecule has 0 saturated carbocycles. The molecule has 25 heavy (non-hydrogen) atoms. The lowest BCUT2D eigenvalue weighted by Gasteiger charge is -2.19. The molecule has 1 aliphatic rings. The highest BCUT2D eigenvalue weighted by atomic mass is 32.2. The van der Waals surface area contributed by atoms with Crippen LogP contribution in [-0.2, 0) is 19.6 Å². The number of carbonyl (C=O) groups excluding carboxylic acids is 2. The maximum Gasteiger partial charge on any atom is 0.338 e. The highest BCUT2D eigenvalue weighted by molar-refractivity contribution is 7.89. The Bertz CT molecular complexity index is 705. The fourth-order valence-electron chi connectivity index (χ4n) is 2.60. The van der Waals surface area contributed by atoms with Crippen molar-refractivity contribution < 1.29 is 22.7 Å². The van der Waals surface area contributed by atoms with Crippen LogP contribution in [0.2, 0.25) is 0 Å². The van der Waals surface area contributed by atoms with Gasteiger partial charge in [-0.05, 0) is 37.1 Å². The molecular weight excluding hydrogens is 344 g/mol. The van der Waals surface area contributed by atoms with E-state index in [1.165, 1.54) is 38.4 Å². The van der Waals surface area contributed by atoms with Gasteiger partial charge in [-0.3, -0.25) is 4.79 Å². The number of ether oxygens (including phenoxy) is 1. The zero-order valence-corrected chi connectivity index (χ0v) is 15.4. The summed E-state index contributed by atoms with van der Waals surface area (Å²) in [5.74, 6) is -0.834. The van der Waals surface area contributed by atoms with Gasteiger partial charge in [-0.15, -0.1) is 0 Å². The largest absolute Gasteiger partial charge is 0.452 e. The Morgan fingerprint density at radius 1 is 1.04 bits per heavy atom. The van der Waals surface area contributed by atoms with Crippen molar-refractivity contribution in [2.24, 2.45) is 0 Å². The SMILES string of the molecule is CN(C)S(=O)(=O)c1ccc(C(=O)OCC(=O)N2CCCCCC2)cc1. The van der Waals surface area contributed by atoms with E-state index in [-0.39, 0.29) is 23.0 Å². The number of nitrogens with zero attached hydrogens (tertiary/aromatic N) is 2. The molecular formula is C17H24N2O5S. The molecule has 7 nitrogen and oxygen atoms in total. The van der Waals surface area contributed by atoms with Crippen LogP contribution in [-0.4, -0.2) is 63.3 Å². The molecule has 138 valence electrons. The van der Waals surface area contributed by atoms with Crippen LogP contribution >= 0.6 is 0 Å². The summed E-state index contributed by atoms with van der Waals surface area (Å²) in [5, 5.41) is 0. The van der Waals surface area contributed by atoms with Crippen LogP contribution in [0.3, 0.4) is 0 Å². The molecule has 0 atom stereocenters. The van der Waals surface area contributed by atoms with Crippen molar-refractivity contribution >= 4 is 21.9 Å². The molecule has 1 heterocycles. The van der Waals surface area contributed by atoms with Crippen molar-refractivity contribution in [2.45, 2.75) is 30.6 Å². The first kappa shape index (κ1) is 19.4. The molecule has 0 unspecified atom stereocenters. The number of hydrogen-bond acceptors (Lipinski definition) is 5. The van der Waals surface area contributed by atoms with Gasteiger partial charge in [0.1, 0.15) is 0 Å². The maximum absolute atomic E-state index is 12.1. The lowest BCUT2D eigenvalue weighted by atomic mass is 10.2. The van der Waals surface area contributed by atoms with Gasteiger partial charge in [0, 0.05) is 27.2 Å². The van der Waals surface area contributed by atoms with Gasteiger partial charge in [-0.2, -0.15) is 0 Å². The van der Waals surface area contributed by atoms with Crippen LogP contribution in [0.15, 0.2) is 29.2 Å². The Labute approximate surface area is 148 Å². The molecule has 1 aliphatic heterocycles. The normalized spacial score (nSPS) is 15.7. The third kappa shape index (κ3) is 5.02. The lowest BCUT2D eigenvalue weighted by Crippen LogP contribution is -2.35. The van der Waals surface area contributed by atoms with Gasteiger partial charge in [0.15, 0.2) is 6.61 Å². The zero-order chi connectivity index (χ0) is 18.4. The molecule has 0 N–H and O–H groups in total. The summed E-state index contributed by atoms with van der Waals surface area (Å²) < 4.78 is 30.1. The van der Waals surface area contributed by atoms with E-state index in [1.54, 1.807) is 4.90 Å². The molecule has 1 aromatic carbocycles. The minimum Gasteiger partial charge on any atom is -0.452 e. The molecule has 0 bridgehead atoms. The third-order valence-corrected chi connectivity index (χ3v) is 5.98. The topological polar surface area (TPSA) is 84.0 Å². The van der Waals surface area contributed by atoms with Crippen LogP contribution in [0.1, 0.15) is 36.0 Å². The highest BCUT2D eigenvalue weighted by Gasteiger charge is 2.20. The molecule has 0 radical (unpaired) electrons. The average molecular weight is 368 g/mol. The number of sulfonamides is 1. The fourth-order valence-corrected chi connectivity index (χ4v) is 3.50. The maximum atomic E-state index is 12.1. The smallest absolute Gasteiger partial charge is 0.338 e. The van der Waals surface area contributed by atoms with Crippen LogP contribution in [0.5, 0.6) is 0 Å². The summed E-state index contributed by atoms with van der Waals surface area (Å²) in [6, 6.07) is 5.47. The Balaban J connectivity index is 1.93. The Morgan fingerprint density at radius 3 is 2.12 bits per heavy atom. The van der Waals surface area contributed by atoms with E-state index < -0.39 is 16.0 Å². The number of esters is 1. The fraction of sp³-hybridized carbons (Fsp3) is 0.529. The van der Waals surface area contributed by atoms with E-state index in [1.807, 2.05) is 0 Å². The molecule has 1 amide bonds.